The summed E-state index contributed by atoms with van der Waals surface area (Å²) in [6.07, 6.45) is -2.46. The maximum absolute atomic E-state index is 13.5. The second kappa shape index (κ2) is 11.5. The molecule has 4 rings (SSSR count). The van der Waals surface area contributed by atoms with E-state index >= 15 is 0 Å². The number of hydrogen-bond acceptors (Lipinski definition) is 4. The van der Waals surface area contributed by atoms with Gasteiger partial charge in [0.2, 0.25) is 5.91 Å². The van der Waals surface area contributed by atoms with Gasteiger partial charge in [-0.25, -0.2) is 14.0 Å². The molecule has 1 aromatic rings. The maximum Gasteiger partial charge on any atom is 0.490 e. The van der Waals surface area contributed by atoms with Crippen molar-refractivity contribution in [1.82, 2.24) is 14.7 Å². The van der Waals surface area contributed by atoms with Crippen LogP contribution in [0.2, 0.25) is 0 Å². The molecule has 0 radical (unpaired) electrons. The summed E-state index contributed by atoms with van der Waals surface area (Å²) in [7, 11) is 0. The van der Waals surface area contributed by atoms with Crippen LogP contribution in [0.3, 0.4) is 0 Å². The van der Waals surface area contributed by atoms with Crippen LogP contribution in [-0.2, 0) is 9.59 Å². The minimum atomic E-state index is -5.08. The summed E-state index contributed by atoms with van der Waals surface area (Å²) in [5.41, 5.74) is 0.226. The predicted octanol–water partition coefficient (Wildman–Crippen LogP) is 4.28. The molecule has 2 N–H and O–H groups in total. The van der Waals surface area contributed by atoms with Gasteiger partial charge in [-0.1, -0.05) is 13.8 Å². The fraction of sp³-hybridized carbons (Fsp3) is 0.654. The van der Waals surface area contributed by atoms with Crippen LogP contribution in [0, 0.1) is 22.6 Å². The zero-order chi connectivity index (χ0) is 28.3. The molecule has 3 fully saturated rings. The molecule has 3 aliphatic heterocycles. The van der Waals surface area contributed by atoms with E-state index in [1.165, 1.54) is 12.1 Å². The molecule has 2 spiro atoms. The van der Waals surface area contributed by atoms with Gasteiger partial charge in [-0.05, 0) is 56.4 Å². The van der Waals surface area contributed by atoms with E-state index < -0.39 is 12.1 Å². The average Bonchev–Trinajstić information content (AvgIpc) is 3.31. The Bertz CT molecular complexity index is 1010. The van der Waals surface area contributed by atoms with E-state index in [2.05, 4.69) is 31.0 Å². The van der Waals surface area contributed by atoms with E-state index in [1.54, 1.807) is 12.1 Å². The minimum absolute atomic E-state index is 0.0600. The molecule has 0 saturated carbocycles. The van der Waals surface area contributed by atoms with Crippen LogP contribution in [0.25, 0.3) is 0 Å². The van der Waals surface area contributed by atoms with Crippen molar-refractivity contribution >= 4 is 23.6 Å². The van der Waals surface area contributed by atoms with Crippen molar-refractivity contribution < 1.29 is 37.1 Å². The molecule has 1 atom stereocenters. The second-order valence-electron chi connectivity index (χ2n) is 10.8. The number of nitrogens with zero attached hydrogens (tertiary/aromatic N) is 3. The first kappa shape index (κ1) is 29.7. The fourth-order valence-electron chi connectivity index (χ4n) is 6.12. The van der Waals surface area contributed by atoms with Crippen molar-refractivity contribution in [2.24, 2.45) is 16.7 Å². The zero-order valence-corrected chi connectivity index (χ0v) is 22.0. The average molecular weight is 545 g/mol. The summed E-state index contributed by atoms with van der Waals surface area (Å²) in [5.74, 6) is -2.19. The Morgan fingerprint density at radius 1 is 1.05 bits per heavy atom. The van der Waals surface area contributed by atoms with Crippen LogP contribution in [0.15, 0.2) is 24.3 Å². The standard InChI is InChI=1S/C24H35FN4O2.C2HF3O2/c1-4-28-14-11-24(21(28)30)17-27(15-18(2)3)16-23(24)9-12-29(13-10-23)22(31)26-20-7-5-19(25)6-8-20;3-2(4,5)1(6)7/h5-8,18H,4,9-17H2,1-3H3,(H,26,31);(H,6,7). The summed E-state index contributed by atoms with van der Waals surface area (Å²) in [5, 5.41) is 10.00. The monoisotopic (exact) mass is 544 g/mol. The molecule has 0 bridgehead atoms. The van der Waals surface area contributed by atoms with Crippen LogP contribution in [0.1, 0.15) is 40.0 Å². The minimum Gasteiger partial charge on any atom is -0.475 e. The topological polar surface area (TPSA) is 93.2 Å². The molecular weight excluding hydrogens is 508 g/mol. The third kappa shape index (κ3) is 6.22. The maximum atomic E-state index is 13.5. The molecule has 38 heavy (non-hydrogen) atoms. The number of carbonyl (C=O) groups excluding carboxylic acids is 2. The predicted molar refractivity (Wildman–Crippen MR) is 133 cm³/mol. The fourth-order valence-corrected chi connectivity index (χ4v) is 6.12. The zero-order valence-electron chi connectivity index (χ0n) is 22.0. The molecule has 0 aliphatic carbocycles. The highest BCUT2D eigenvalue weighted by Crippen LogP contribution is 2.57. The summed E-state index contributed by atoms with van der Waals surface area (Å²) in [6, 6.07) is 5.69. The van der Waals surface area contributed by atoms with Crippen molar-refractivity contribution in [2.75, 3.05) is 51.1 Å². The molecule has 8 nitrogen and oxygen atoms in total. The molecular formula is C26H36F4N4O4. The Hall–Kier alpha value is -2.89. The molecule has 0 aromatic heterocycles. The lowest BCUT2D eigenvalue weighted by atomic mass is 9.60. The molecule has 1 unspecified atom stereocenters. The van der Waals surface area contributed by atoms with Crippen LogP contribution >= 0.6 is 0 Å². The second-order valence-corrected chi connectivity index (χ2v) is 10.8. The van der Waals surface area contributed by atoms with Crippen molar-refractivity contribution in [3.63, 3.8) is 0 Å². The number of benzene rings is 1. The molecule has 1 aromatic carbocycles. The van der Waals surface area contributed by atoms with E-state index in [0.29, 0.717) is 30.6 Å². The lowest BCUT2D eigenvalue weighted by Crippen LogP contribution is -2.54. The van der Waals surface area contributed by atoms with Crippen molar-refractivity contribution in [3.8, 4) is 0 Å². The van der Waals surface area contributed by atoms with E-state index in [9.17, 15) is 27.2 Å². The number of nitrogens with one attached hydrogen (secondary N) is 1. The summed E-state index contributed by atoms with van der Waals surface area (Å²) in [4.78, 5) is 41.6. The van der Waals surface area contributed by atoms with E-state index in [0.717, 1.165) is 52.0 Å². The molecule has 3 aliphatic rings. The van der Waals surface area contributed by atoms with Crippen LogP contribution < -0.4 is 5.32 Å². The first-order valence-electron chi connectivity index (χ1n) is 12.9. The van der Waals surface area contributed by atoms with Gasteiger partial charge in [0.25, 0.3) is 0 Å². The molecule has 212 valence electrons. The highest BCUT2D eigenvalue weighted by molar-refractivity contribution is 5.89. The Balaban J connectivity index is 0.000000505. The highest BCUT2D eigenvalue weighted by atomic mass is 19.4. The van der Waals surface area contributed by atoms with E-state index in [4.69, 9.17) is 9.90 Å². The molecule has 3 saturated heterocycles. The van der Waals surface area contributed by atoms with Gasteiger partial charge >= 0.3 is 18.2 Å². The lowest BCUT2D eigenvalue weighted by molar-refractivity contribution is -0.192. The van der Waals surface area contributed by atoms with Gasteiger partial charge < -0.3 is 25.1 Å². The smallest absolute Gasteiger partial charge is 0.475 e. The first-order valence-corrected chi connectivity index (χ1v) is 12.9. The number of carbonyl (C=O) groups is 3. The number of rotatable bonds is 4. The Kier molecular flexibility index (Phi) is 8.95. The van der Waals surface area contributed by atoms with Crippen LogP contribution in [0.4, 0.5) is 28.0 Å². The number of aliphatic carboxylic acids is 1. The number of hydrogen-bond donors (Lipinski definition) is 2. The number of anilines is 1. The van der Waals surface area contributed by atoms with Crippen LogP contribution in [0.5, 0.6) is 0 Å². The molecule has 3 heterocycles. The third-order valence-electron chi connectivity index (χ3n) is 7.89. The van der Waals surface area contributed by atoms with E-state index in [1.807, 2.05) is 9.80 Å². The van der Waals surface area contributed by atoms with Gasteiger partial charge in [0, 0.05) is 56.9 Å². The quantitative estimate of drug-likeness (QED) is 0.552. The van der Waals surface area contributed by atoms with Crippen molar-refractivity contribution in [3.05, 3.63) is 30.1 Å². The van der Waals surface area contributed by atoms with Gasteiger partial charge in [-0.2, -0.15) is 13.2 Å². The van der Waals surface area contributed by atoms with Gasteiger partial charge in [-0.15, -0.1) is 0 Å². The molecule has 12 heteroatoms. The number of carboxylic acid groups (broad SMARTS) is 1. The van der Waals surface area contributed by atoms with Crippen molar-refractivity contribution in [2.45, 2.75) is 46.2 Å². The largest absolute Gasteiger partial charge is 0.490 e. The number of urea groups is 1. The highest BCUT2D eigenvalue weighted by Gasteiger charge is 2.64. The van der Waals surface area contributed by atoms with Gasteiger partial charge in [0.15, 0.2) is 0 Å². The van der Waals surface area contributed by atoms with Gasteiger partial charge in [0.05, 0.1) is 5.41 Å². The number of amides is 3. The van der Waals surface area contributed by atoms with E-state index in [-0.39, 0.29) is 22.7 Å². The number of carboxylic acids is 1. The normalized spacial score (nSPS) is 23.2. The van der Waals surface area contributed by atoms with Gasteiger partial charge in [0.1, 0.15) is 5.82 Å². The third-order valence-corrected chi connectivity index (χ3v) is 7.89. The Morgan fingerprint density at radius 2 is 1.63 bits per heavy atom. The summed E-state index contributed by atoms with van der Waals surface area (Å²) < 4.78 is 44.9. The first-order chi connectivity index (χ1) is 17.7. The van der Waals surface area contributed by atoms with Crippen LogP contribution in [-0.4, -0.2) is 89.7 Å². The Morgan fingerprint density at radius 3 is 2.11 bits per heavy atom. The number of halogens is 4. The number of alkyl halides is 3. The van der Waals surface area contributed by atoms with Gasteiger partial charge in [-0.3, -0.25) is 4.79 Å². The number of piperidine rings is 1. The summed E-state index contributed by atoms with van der Waals surface area (Å²) in [6.45, 7) is 12.2. The Labute approximate surface area is 219 Å². The summed E-state index contributed by atoms with van der Waals surface area (Å²) >= 11 is 0. The number of likely N-dealkylation sites (tertiary alicyclic amines) is 3. The SMILES string of the molecule is CCN1CCC2(CN(CC(C)C)CC23CCN(C(=O)Nc2ccc(F)cc2)CC3)C1=O.O=C(O)C(F)(F)F. The van der Waals surface area contributed by atoms with Crippen molar-refractivity contribution in [1.29, 1.82) is 0 Å². The molecule has 3 amide bonds. The lowest BCUT2D eigenvalue weighted by Gasteiger charge is -2.47. The number of fused-ring (bicyclic) bond motifs is 1.